The van der Waals surface area contributed by atoms with Crippen LogP contribution in [0.2, 0.25) is 0 Å². The summed E-state index contributed by atoms with van der Waals surface area (Å²) in [6, 6.07) is 13.6. The van der Waals surface area contributed by atoms with Gasteiger partial charge in [-0.05, 0) is 63.6 Å². The molecule has 0 N–H and O–H groups in total. The van der Waals surface area contributed by atoms with Crippen molar-refractivity contribution in [1.82, 2.24) is 0 Å². The van der Waals surface area contributed by atoms with Crippen molar-refractivity contribution < 1.29 is 22.9 Å². The number of amides is 1. The van der Waals surface area contributed by atoms with Crippen LogP contribution in [0.1, 0.15) is 40.2 Å². The molecule has 0 saturated heterocycles. The number of nitrogens with zero attached hydrogens (tertiary/aromatic N) is 1. The molecule has 1 amide bonds. The Balaban J connectivity index is 1.85. The number of hydrogen-bond acceptors (Lipinski definition) is 6. The zero-order chi connectivity index (χ0) is 21.9. The molecule has 2 aromatic carbocycles. The molecule has 0 aliphatic carbocycles. The van der Waals surface area contributed by atoms with E-state index in [9.17, 15) is 9.36 Å². The first-order valence-corrected chi connectivity index (χ1v) is 12.0. The molecule has 1 aliphatic heterocycles. The van der Waals surface area contributed by atoms with Gasteiger partial charge in [-0.2, -0.15) is 0 Å². The Hall–Kier alpha value is -2.05. The minimum Gasteiger partial charge on any atom is -0.412 e. The van der Waals surface area contributed by atoms with Crippen LogP contribution in [0.25, 0.3) is 6.08 Å². The van der Waals surface area contributed by atoms with Gasteiger partial charge in [-0.25, -0.2) is 4.57 Å². The Bertz CT molecular complexity index is 991. The summed E-state index contributed by atoms with van der Waals surface area (Å²) in [7, 11) is -3.72. The van der Waals surface area contributed by atoms with Crippen molar-refractivity contribution in [3.05, 3.63) is 54.3 Å². The highest BCUT2D eigenvalue weighted by molar-refractivity contribution is 7.99. The average Bonchev–Trinajstić information content (AvgIpc) is 2.64. The molecule has 0 bridgehead atoms. The van der Waals surface area contributed by atoms with E-state index in [0.29, 0.717) is 0 Å². The number of phosphoric acid groups is 1. The fraction of sp³-hybridized carbons (Fsp3) is 0.318. The average molecular weight is 447 g/mol. The standard InChI is InChI=1S/C22H26NO5PS/c1-15(2)27-29(25,28-16(3)4)26-13-12-18-10-11-22-20(14-18)23(17(5)24)19-8-6-7-9-21(19)30-22/h6-16H,1-5H3. The maximum atomic E-state index is 12.8. The van der Waals surface area contributed by atoms with Crippen LogP contribution < -0.4 is 4.90 Å². The topological polar surface area (TPSA) is 65.1 Å². The third kappa shape index (κ3) is 5.35. The van der Waals surface area contributed by atoms with Crippen LogP contribution in [0.15, 0.2) is 58.5 Å². The molecule has 1 aliphatic rings. The van der Waals surface area contributed by atoms with Crippen LogP contribution >= 0.6 is 19.6 Å². The van der Waals surface area contributed by atoms with Crippen LogP contribution in [0.5, 0.6) is 0 Å². The van der Waals surface area contributed by atoms with Crippen LogP contribution in [-0.4, -0.2) is 18.1 Å². The molecule has 0 aromatic heterocycles. The number of benzene rings is 2. The summed E-state index contributed by atoms with van der Waals surface area (Å²) in [5.41, 5.74) is 2.45. The molecule has 160 valence electrons. The SMILES string of the molecule is CC(=O)N1c2ccccc2Sc2ccc(C=COP(=O)(OC(C)C)OC(C)C)cc21. The van der Waals surface area contributed by atoms with Crippen molar-refractivity contribution in [3.63, 3.8) is 0 Å². The van der Waals surface area contributed by atoms with Crippen LogP contribution in [-0.2, 0) is 22.9 Å². The molecule has 30 heavy (non-hydrogen) atoms. The van der Waals surface area contributed by atoms with Gasteiger partial charge in [0, 0.05) is 16.7 Å². The second-order valence-corrected chi connectivity index (χ2v) is 9.93. The summed E-state index contributed by atoms with van der Waals surface area (Å²) in [6.45, 7) is 8.60. The van der Waals surface area contributed by atoms with Crippen molar-refractivity contribution in [2.24, 2.45) is 0 Å². The maximum absolute atomic E-state index is 12.8. The second-order valence-electron chi connectivity index (χ2n) is 7.32. The summed E-state index contributed by atoms with van der Waals surface area (Å²) < 4.78 is 28.9. The van der Waals surface area contributed by atoms with Crippen LogP contribution in [0, 0.1) is 0 Å². The lowest BCUT2D eigenvalue weighted by atomic mass is 10.1. The first-order chi connectivity index (χ1) is 14.2. The summed E-state index contributed by atoms with van der Waals surface area (Å²) in [6.07, 6.45) is 2.36. The van der Waals surface area contributed by atoms with E-state index in [-0.39, 0.29) is 18.1 Å². The molecule has 0 fully saturated rings. The number of hydrogen-bond donors (Lipinski definition) is 0. The molecule has 3 rings (SSSR count). The Morgan fingerprint density at radius 1 is 1.00 bits per heavy atom. The highest BCUT2D eigenvalue weighted by Gasteiger charge is 2.30. The number of anilines is 2. The Kier molecular flexibility index (Phi) is 7.09. The molecule has 0 unspecified atom stereocenters. The van der Waals surface area contributed by atoms with Gasteiger partial charge in [0.25, 0.3) is 0 Å². The number of carbonyl (C=O) groups is 1. The lowest BCUT2D eigenvalue weighted by molar-refractivity contribution is -0.115. The zero-order valence-electron chi connectivity index (χ0n) is 17.7. The summed E-state index contributed by atoms with van der Waals surface area (Å²) in [4.78, 5) is 16.1. The van der Waals surface area contributed by atoms with Gasteiger partial charge < -0.3 is 4.52 Å². The monoisotopic (exact) mass is 447 g/mol. The third-order valence-corrected chi connectivity index (χ3v) is 6.87. The van der Waals surface area contributed by atoms with Crippen molar-refractivity contribution in [2.75, 3.05) is 4.90 Å². The fourth-order valence-electron chi connectivity index (χ4n) is 2.99. The van der Waals surface area contributed by atoms with Gasteiger partial charge in [-0.1, -0.05) is 30.0 Å². The smallest absolute Gasteiger partial charge is 0.412 e. The molecular weight excluding hydrogens is 421 g/mol. The van der Waals surface area contributed by atoms with Crippen molar-refractivity contribution in [2.45, 2.75) is 56.6 Å². The van der Waals surface area contributed by atoms with Crippen molar-refractivity contribution in [1.29, 1.82) is 0 Å². The van der Waals surface area contributed by atoms with Crippen LogP contribution in [0.4, 0.5) is 11.4 Å². The van der Waals surface area contributed by atoms with Crippen molar-refractivity contribution >= 4 is 42.9 Å². The lowest BCUT2D eigenvalue weighted by Gasteiger charge is -2.30. The van der Waals surface area contributed by atoms with Crippen LogP contribution in [0.3, 0.4) is 0 Å². The second kappa shape index (κ2) is 9.40. The number of rotatable bonds is 7. The molecular formula is C22H26NO5PS. The van der Waals surface area contributed by atoms with Crippen molar-refractivity contribution in [3.8, 4) is 0 Å². The van der Waals surface area contributed by atoms with E-state index in [1.165, 1.54) is 6.26 Å². The molecule has 2 aromatic rings. The van der Waals surface area contributed by atoms with E-state index in [1.54, 1.807) is 57.4 Å². The van der Waals surface area contributed by atoms with E-state index < -0.39 is 7.82 Å². The molecule has 6 nitrogen and oxygen atoms in total. The minimum atomic E-state index is -3.72. The van der Waals surface area contributed by atoms with Gasteiger partial charge in [0.1, 0.15) is 0 Å². The van der Waals surface area contributed by atoms with E-state index in [4.69, 9.17) is 13.6 Å². The summed E-state index contributed by atoms with van der Waals surface area (Å²) in [5, 5.41) is 0. The Labute approximate surface area is 181 Å². The van der Waals surface area contributed by atoms with Gasteiger partial charge in [-0.15, -0.1) is 0 Å². The van der Waals surface area contributed by atoms with Gasteiger partial charge >= 0.3 is 7.82 Å². The van der Waals surface area contributed by atoms with Gasteiger partial charge in [-0.3, -0.25) is 18.7 Å². The van der Waals surface area contributed by atoms with Gasteiger partial charge in [0.15, 0.2) is 0 Å². The van der Waals surface area contributed by atoms with E-state index >= 15 is 0 Å². The minimum absolute atomic E-state index is 0.0680. The first-order valence-electron chi connectivity index (χ1n) is 9.72. The normalized spacial score (nSPS) is 13.6. The van der Waals surface area contributed by atoms with E-state index in [2.05, 4.69) is 0 Å². The Morgan fingerprint density at radius 2 is 1.63 bits per heavy atom. The lowest BCUT2D eigenvalue weighted by Crippen LogP contribution is -2.25. The Morgan fingerprint density at radius 3 is 2.27 bits per heavy atom. The molecule has 8 heteroatoms. The first kappa shape index (κ1) is 22.6. The molecule has 0 spiro atoms. The zero-order valence-corrected chi connectivity index (χ0v) is 19.4. The fourth-order valence-corrected chi connectivity index (χ4v) is 5.42. The summed E-state index contributed by atoms with van der Waals surface area (Å²) >= 11 is 1.62. The highest BCUT2D eigenvalue weighted by Crippen LogP contribution is 2.52. The molecule has 0 saturated carbocycles. The van der Waals surface area contributed by atoms with Gasteiger partial charge in [0.05, 0.1) is 29.8 Å². The molecule has 1 heterocycles. The number of carbonyl (C=O) groups excluding carboxylic acids is 1. The number of fused-ring (bicyclic) bond motifs is 2. The third-order valence-electron chi connectivity index (χ3n) is 4.00. The predicted octanol–water partition coefficient (Wildman–Crippen LogP) is 6.78. The maximum Gasteiger partial charge on any atom is 0.529 e. The van der Waals surface area contributed by atoms with Gasteiger partial charge in [0.2, 0.25) is 5.91 Å². The molecule has 0 radical (unpaired) electrons. The van der Waals surface area contributed by atoms with E-state index in [1.807, 2.05) is 42.5 Å². The summed E-state index contributed by atoms with van der Waals surface area (Å²) in [5.74, 6) is -0.0680. The quantitative estimate of drug-likeness (QED) is 0.344. The largest absolute Gasteiger partial charge is 0.529 e. The number of phosphoric ester groups is 1. The predicted molar refractivity (Wildman–Crippen MR) is 120 cm³/mol. The highest BCUT2D eigenvalue weighted by atomic mass is 32.2. The number of para-hydroxylation sites is 1. The molecule has 0 atom stereocenters. The van der Waals surface area contributed by atoms with E-state index in [0.717, 1.165) is 26.7 Å².